The fourth-order valence-corrected chi connectivity index (χ4v) is 3.59. The first kappa shape index (κ1) is 16.5. The summed E-state index contributed by atoms with van der Waals surface area (Å²) < 4.78 is 30.7. The summed E-state index contributed by atoms with van der Waals surface area (Å²) in [6, 6.07) is 6.80. The van der Waals surface area contributed by atoms with Gasteiger partial charge in [0, 0.05) is 24.0 Å². The molecule has 0 aliphatic carbocycles. The van der Waals surface area contributed by atoms with Crippen LogP contribution < -0.4 is 5.32 Å². The van der Waals surface area contributed by atoms with Crippen LogP contribution in [-0.4, -0.2) is 35.5 Å². The molecule has 3 aromatic heterocycles. The lowest BCUT2D eigenvalue weighted by molar-refractivity contribution is -0.116. The molecule has 1 aliphatic rings. The van der Waals surface area contributed by atoms with Gasteiger partial charge in [-0.2, -0.15) is 14.3 Å². The van der Waals surface area contributed by atoms with E-state index in [1.807, 2.05) is 0 Å². The minimum Gasteiger partial charge on any atom is -0.310 e. The molecule has 0 radical (unpaired) electrons. The molecule has 1 aliphatic heterocycles. The average Bonchev–Trinajstić information content (AvgIpc) is 3.25. The van der Waals surface area contributed by atoms with Crippen molar-refractivity contribution in [3.05, 3.63) is 65.1 Å². The summed E-state index contributed by atoms with van der Waals surface area (Å²) in [5.41, 5.74) is 2.12. The second-order valence-electron chi connectivity index (χ2n) is 6.56. The van der Waals surface area contributed by atoms with Crippen LogP contribution in [-0.2, 0) is 4.79 Å². The van der Waals surface area contributed by atoms with Crippen LogP contribution in [0.2, 0.25) is 0 Å². The van der Waals surface area contributed by atoms with E-state index in [-0.39, 0.29) is 17.9 Å². The van der Waals surface area contributed by atoms with E-state index in [2.05, 4.69) is 25.7 Å². The van der Waals surface area contributed by atoms with E-state index in [1.165, 1.54) is 27.7 Å². The Balaban J connectivity index is 1.69. The number of aromatic nitrogens is 6. The molecule has 5 rings (SSSR count). The molecule has 0 spiro atoms. The second kappa shape index (κ2) is 5.91. The fourth-order valence-electron chi connectivity index (χ4n) is 3.59. The highest BCUT2D eigenvalue weighted by Crippen LogP contribution is 2.40. The number of carbonyl (C=O) groups excluding carboxylic acids is 1. The van der Waals surface area contributed by atoms with E-state index in [0.29, 0.717) is 28.5 Å². The summed E-state index contributed by atoms with van der Waals surface area (Å²) in [7, 11) is 0. The SMILES string of the molecule is Cc1nn(-c2ccc3nncn3n2)c2c1[C@H](c1ccc(F)cc1F)CC(=O)N2. The van der Waals surface area contributed by atoms with Crippen molar-refractivity contribution < 1.29 is 13.6 Å². The highest BCUT2D eigenvalue weighted by atomic mass is 19.1. The van der Waals surface area contributed by atoms with Gasteiger partial charge in [-0.05, 0) is 30.7 Å². The van der Waals surface area contributed by atoms with Gasteiger partial charge in [-0.1, -0.05) is 6.07 Å². The Morgan fingerprint density at radius 3 is 2.86 bits per heavy atom. The molecule has 0 unspecified atom stereocenters. The van der Waals surface area contributed by atoms with Gasteiger partial charge in [-0.15, -0.1) is 15.3 Å². The fraction of sp³-hybridized carbons (Fsp3) is 0.167. The molecule has 0 saturated heterocycles. The van der Waals surface area contributed by atoms with Crippen molar-refractivity contribution in [2.45, 2.75) is 19.3 Å². The molecule has 4 heterocycles. The van der Waals surface area contributed by atoms with Crippen molar-refractivity contribution in [3.63, 3.8) is 0 Å². The zero-order valence-corrected chi connectivity index (χ0v) is 14.6. The third-order valence-corrected chi connectivity index (χ3v) is 4.81. The van der Waals surface area contributed by atoms with Gasteiger partial charge in [0.25, 0.3) is 0 Å². The Morgan fingerprint density at radius 2 is 2.04 bits per heavy atom. The molecule has 1 N–H and O–H groups in total. The summed E-state index contributed by atoms with van der Waals surface area (Å²) in [6.07, 6.45) is 1.50. The molecule has 1 atom stereocenters. The van der Waals surface area contributed by atoms with Crippen LogP contribution in [0.5, 0.6) is 0 Å². The molecule has 0 bridgehead atoms. The summed E-state index contributed by atoms with van der Waals surface area (Å²) in [5, 5.41) is 19.4. The summed E-state index contributed by atoms with van der Waals surface area (Å²) in [6.45, 7) is 1.78. The molecule has 1 amide bonds. The first-order valence-electron chi connectivity index (χ1n) is 8.53. The van der Waals surface area contributed by atoms with E-state index >= 15 is 0 Å². The monoisotopic (exact) mass is 381 g/mol. The van der Waals surface area contributed by atoms with Gasteiger partial charge in [0.05, 0.1) is 5.69 Å². The van der Waals surface area contributed by atoms with Gasteiger partial charge in [0.15, 0.2) is 11.5 Å². The number of hydrogen-bond acceptors (Lipinski definition) is 5. The van der Waals surface area contributed by atoms with E-state index < -0.39 is 17.6 Å². The first-order valence-corrected chi connectivity index (χ1v) is 8.53. The van der Waals surface area contributed by atoms with Crippen molar-refractivity contribution in [2.75, 3.05) is 5.32 Å². The van der Waals surface area contributed by atoms with Gasteiger partial charge < -0.3 is 5.32 Å². The Bertz CT molecular complexity index is 1250. The predicted octanol–water partition coefficient (Wildman–Crippen LogP) is 2.37. The van der Waals surface area contributed by atoms with Gasteiger partial charge in [0.2, 0.25) is 5.91 Å². The van der Waals surface area contributed by atoms with Crippen LogP contribution in [0.25, 0.3) is 11.5 Å². The number of nitrogens with one attached hydrogen (secondary N) is 1. The highest BCUT2D eigenvalue weighted by Gasteiger charge is 2.34. The van der Waals surface area contributed by atoms with E-state index in [0.717, 1.165) is 6.07 Å². The lowest BCUT2D eigenvalue weighted by Gasteiger charge is -2.24. The van der Waals surface area contributed by atoms with Gasteiger partial charge in [-0.3, -0.25) is 4.79 Å². The number of rotatable bonds is 2. The molecule has 8 nitrogen and oxygen atoms in total. The molecule has 28 heavy (non-hydrogen) atoms. The Morgan fingerprint density at radius 1 is 1.18 bits per heavy atom. The number of hydrogen-bond donors (Lipinski definition) is 1. The average molecular weight is 381 g/mol. The number of halogens is 2. The van der Waals surface area contributed by atoms with Crippen LogP contribution in [0.4, 0.5) is 14.6 Å². The van der Waals surface area contributed by atoms with Crippen molar-refractivity contribution in [2.24, 2.45) is 0 Å². The van der Waals surface area contributed by atoms with Crippen LogP contribution in [0.3, 0.4) is 0 Å². The van der Waals surface area contributed by atoms with Crippen molar-refractivity contribution in [3.8, 4) is 5.82 Å². The molecular formula is C18H13F2N7O. The summed E-state index contributed by atoms with van der Waals surface area (Å²) in [5.74, 6) is -1.36. The zero-order chi connectivity index (χ0) is 19.4. The van der Waals surface area contributed by atoms with Gasteiger partial charge >= 0.3 is 0 Å². The number of anilines is 1. The maximum Gasteiger partial charge on any atom is 0.226 e. The Labute approximate surface area is 156 Å². The van der Waals surface area contributed by atoms with Crippen molar-refractivity contribution >= 4 is 17.4 Å². The largest absolute Gasteiger partial charge is 0.310 e. The lowest BCUT2D eigenvalue weighted by atomic mass is 9.85. The first-order chi connectivity index (χ1) is 13.5. The normalized spacial score (nSPS) is 16.2. The highest BCUT2D eigenvalue weighted by molar-refractivity contribution is 5.95. The third kappa shape index (κ3) is 2.45. The van der Waals surface area contributed by atoms with E-state index in [9.17, 15) is 13.6 Å². The van der Waals surface area contributed by atoms with E-state index in [1.54, 1.807) is 19.1 Å². The second-order valence-corrected chi connectivity index (χ2v) is 6.56. The zero-order valence-electron chi connectivity index (χ0n) is 14.6. The maximum absolute atomic E-state index is 14.4. The summed E-state index contributed by atoms with van der Waals surface area (Å²) >= 11 is 0. The Kier molecular flexibility index (Phi) is 3.48. The van der Waals surface area contributed by atoms with Crippen LogP contribution in [0, 0.1) is 18.6 Å². The molecule has 0 fully saturated rings. The van der Waals surface area contributed by atoms with Crippen LogP contribution in [0.15, 0.2) is 36.7 Å². The maximum atomic E-state index is 14.4. The molecule has 1 aromatic carbocycles. The number of nitrogens with zero attached hydrogens (tertiary/aromatic N) is 6. The van der Waals surface area contributed by atoms with Crippen molar-refractivity contribution in [1.82, 2.24) is 29.6 Å². The lowest BCUT2D eigenvalue weighted by Crippen LogP contribution is -2.25. The quantitative estimate of drug-likeness (QED) is 0.576. The minimum atomic E-state index is -0.693. The molecular weight excluding hydrogens is 368 g/mol. The number of carbonyl (C=O) groups is 1. The van der Waals surface area contributed by atoms with Crippen LogP contribution in [0.1, 0.15) is 29.2 Å². The molecule has 0 saturated carbocycles. The number of aryl methyl sites for hydroxylation is 1. The number of benzene rings is 1. The van der Waals surface area contributed by atoms with E-state index in [4.69, 9.17) is 0 Å². The summed E-state index contributed by atoms with van der Waals surface area (Å²) in [4.78, 5) is 12.4. The molecule has 140 valence electrons. The predicted molar refractivity (Wildman–Crippen MR) is 94.1 cm³/mol. The molecule has 10 heteroatoms. The van der Waals surface area contributed by atoms with Gasteiger partial charge in [-0.25, -0.2) is 8.78 Å². The van der Waals surface area contributed by atoms with Crippen molar-refractivity contribution in [1.29, 1.82) is 0 Å². The Hall–Kier alpha value is -3.69. The van der Waals surface area contributed by atoms with Gasteiger partial charge in [0.1, 0.15) is 23.8 Å². The number of fused-ring (bicyclic) bond motifs is 2. The van der Waals surface area contributed by atoms with Crippen LogP contribution >= 0.6 is 0 Å². The third-order valence-electron chi connectivity index (χ3n) is 4.81. The standard InChI is InChI=1S/C18H13F2N7O/c1-9-17-12(11-3-2-10(19)6-13(11)20)7-16(28)22-18(17)27(24-9)15-5-4-14-23-21-8-26(14)25-15/h2-6,8,12H,7H2,1H3,(H,22,28)/t12-/m0/s1. The minimum absolute atomic E-state index is 0.0417. The smallest absolute Gasteiger partial charge is 0.226 e. The topological polar surface area (TPSA) is 90.0 Å². The molecule has 4 aromatic rings. The number of amides is 1.